The Morgan fingerprint density at radius 2 is 2.50 bits per heavy atom. The van der Waals surface area contributed by atoms with E-state index < -0.39 is 0 Å². The average Bonchev–Trinajstić information content (AvgIpc) is 2.83. The Kier molecular flexibility index (Phi) is 2.69. The molecule has 0 radical (unpaired) electrons. The van der Waals surface area contributed by atoms with Gasteiger partial charge in [-0.2, -0.15) is 0 Å². The summed E-state index contributed by atoms with van der Waals surface area (Å²) >= 11 is 1.70. The average molecular weight is 235 g/mol. The summed E-state index contributed by atoms with van der Waals surface area (Å²) in [4.78, 5) is 5.74. The van der Waals surface area contributed by atoms with E-state index in [1.807, 2.05) is 0 Å². The molecule has 4 heteroatoms. The predicted octanol–water partition coefficient (Wildman–Crippen LogP) is 2.33. The SMILES string of the molecule is CNC(Cc1cn2ccsc2n1)CC1CC1. The monoisotopic (exact) mass is 235 g/mol. The molecule has 1 aliphatic rings. The molecule has 86 valence electrons. The van der Waals surface area contributed by atoms with Crippen molar-refractivity contribution < 1.29 is 0 Å². The second-order valence-electron chi connectivity index (χ2n) is 4.69. The Hall–Kier alpha value is -0.870. The minimum atomic E-state index is 0.595. The molecule has 1 N–H and O–H groups in total. The maximum absolute atomic E-state index is 4.63. The molecule has 16 heavy (non-hydrogen) atoms. The first-order chi connectivity index (χ1) is 7.85. The number of likely N-dealkylation sites (N-methyl/N-ethyl adjacent to an activating group) is 1. The van der Waals surface area contributed by atoms with Crippen LogP contribution in [0.25, 0.3) is 4.96 Å². The lowest BCUT2D eigenvalue weighted by atomic mass is 10.1. The third kappa shape index (κ3) is 2.13. The second-order valence-corrected chi connectivity index (χ2v) is 5.57. The fourth-order valence-electron chi connectivity index (χ4n) is 2.19. The van der Waals surface area contributed by atoms with Crippen LogP contribution in [0.15, 0.2) is 17.8 Å². The van der Waals surface area contributed by atoms with Gasteiger partial charge in [0.2, 0.25) is 0 Å². The molecule has 3 rings (SSSR count). The van der Waals surface area contributed by atoms with Gasteiger partial charge in [0.25, 0.3) is 0 Å². The highest BCUT2D eigenvalue weighted by Crippen LogP contribution is 2.34. The van der Waals surface area contributed by atoms with E-state index >= 15 is 0 Å². The van der Waals surface area contributed by atoms with Crippen LogP contribution in [-0.4, -0.2) is 22.5 Å². The highest BCUT2D eigenvalue weighted by atomic mass is 32.1. The van der Waals surface area contributed by atoms with E-state index in [4.69, 9.17) is 0 Å². The molecule has 0 aliphatic heterocycles. The van der Waals surface area contributed by atoms with Gasteiger partial charge in [0.05, 0.1) is 5.69 Å². The van der Waals surface area contributed by atoms with Gasteiger partial charge in [-0.05, 0) is 19.4 Å². The van der Waals surface area contributed by atoms with Crippen molar-refractivity contribution in [2.75, 3.05) is 7.05 Å². The number of hydrogen-bond donors (Lipinski definition) is 1. The van der Waals surface area contributed by atoms with E-state index in [0.29, 0.717) is 6.04 Å². The molecule has 0 amide bonds. The largest absolute Gasteiger partial charge is 0.317 e. The first-order valence-electron chi connectivity index (χ1n) is 5.93. The summed E-state index contributed by atoms with van der Waals surface area (Å²) in [6.45, 7) is 0. The zero-order chi connectivity index (χ0) is 11.0. The summed E-state index contributed by atoms with van der Waals surface area (Å²) in [7, 11) is 2.06. The molecule has 0 aromatic carbocycles. The molecule has 3 nitrogen and oxygen atoms in total. The summed E-state index contributed by atoms with van der Waals surface area (Å²) in [5.41, 5.74) is 1.21. The van der Waals surface area contributed by atoms with E-state index in [2.05, 4.69) is 39.5 Å². The van der Waals surface area contributed by atoms with Crippen LogP contribution in [-0.2, 0) is 6.42 Å². The number of nitrogens with zero attached hydrogens (tertiary/aromatic N) is 2. The smallest absolute Gasteiger partial charge is 0.193 e. The van der Waals surface area contributed by atoms with Gasteiger partial charge in [-0.15, -0.1) is 11.3 Å². The van der Waals surface area contributed by atoms with E-state index in [9.17, 15) is 0 Å². The summed E-state index contributed by atoms with van der Waals surface area (Å²) in [5.74, 6) is 0.973. The maximum atomic E-state index is 4.63. The zero-order valence-corrected chi connectivity index (χ0v) is 10.3. The van der Waals surface area contributed by atoms with Crippen molar-refractivity contribution in [3.8, 4) is 0 Å². The van der Waals surface area contributed by atoms with Crippen molar-refractivity contribution in [1.82, 2.24) is 14.7 Å². The fraction of sp³-hybridized carbons (Fsp3) is 0.583. The maximum Gasteiger partial charge on any atom is 0.193 e. The summed E-state index contributed by atoms with van der Waals surface area (Å²) in [5, 5.41) is 5.49. The van der Waals surface area contributed by atoms with Crippen LogP contribution in [0.5, 0.6) is 0 Å². The number of aromatic nitrogens is 2. The normalized spacial score (nSPS) is 18.1. The Balaban J connectivity index is 1.69. The molecular formula is C12H17N3S. The number of imidazole rings is 1. The van der Waals surface area contributed by atoms with Gasteiger partial charge in [0.15, 0.2) is 4.96 Å². The van der Waals surface area contributed by atoms with Crippen molar-refractivity contribution in [2.24, 2.45) is 5.92 Å². The van der Waals surface area contributed by atoms with Crippen molar-refractivity contribution in [2.45, 2.75) is 31.7 Å². The summed E-state index contributed by atoms with van der Waals surface area (Å²) in [6.07, 6.45) is 9.45. The van der Waals surface area contributed by atoms with Gasteiger partial charge >= 0.3 is 0 Å². The van der Waals surface area contributed by atoms with Crippen LogP contribution in [0.4, 0.5) is 0 Å². The lowest BCUT2D eigenvalue weighted by molar-refractivity contribution is 0.487. The molecular weight excluding hydrogens is 218 g/mol. The Bertz CT molecular complexity index is 441. The van der Waals surface area contributed by atoms with Gasteiger partial charge in [-0.25, -0.2) is 4.98 Å². The number of hydrogen-bond acceptors (Lipinski definition) is 3. The third-order valence-corrected chi connectivity index (χ3v) is 4.09. The minimum absolute atomic E-state index is 0.595. The zero-order valence-electron chi connectivity index (χ0n) is 9.52. The van der Waals surface area contributed by atoms with Gasteiger partial charge in [0.1, 0.15) is 0 Å². The molecule has 2 heterocycles. The van der Waals surface area contributed by atoms with Crippen LogP contribution >= 0.6 is 11.3 Å². The van der Waals surface area contributed by atoms with Crippen LogP contribution < -0.4 is 5.32 Å². The number of nitrogens with one attached hydrogen (secondary N) is 1. The topological polar surface area (TPSA) is 29.3 Å². The van der Waals surface area contributed by atoms with E-state index in [1.165, 1.54) is 25.0 Å². The Morgan fingerprint density at radius 1 is 1.62 bits per heavy atom. The number of rotatable bonds is 5. The van der Waals surface area contributed by atoms with E-state index in [0.717, 1.165) is 17.3 Å². The van der Waals surface area contributed by atoms with Crippen LogP contribution in [0.2, 0.25) is 0 Å². The van der Waals surface area contributed by atoms with Crippen molar-refractivity contribution in [1.29, 1.82) is 0 Å². The minimum Gasteiger partial charge on any atom is -0.317 e. The molecule has 0 saturated heterocycles. The van der Waals surface area contributed by atoms with Crippen molar-refractivity contribution >= 4 is 16.3 Å². The highest BCUT2D eigenvalue weighted by molar-refractivity contribution is 7.15. The lowest BCUT2D eigenvalue weighted by Crippen LogP contribution is -2.28. The van der Waals surface area contributed by atoms with Crippen molar-refractivity contribution in [3.63, 3.8) is 0 Å². The molecule has 2 aromatic rings. The van der Waals surface area contributed by atoms with E-state index in [1.54, 1.807) is 11.3 Å². The first kappa shape index (κ1) is 10.3. The van der Waals surface area contributed by atoms with Crippen molar-refractivity contribution in [3.05, 3.63) is 23.5 Å². The molecule has 1 unspecified atom stereocenters. The Labute approximate surface area is 99.5 Å². The quantitative estimate of drug-likeness (QED) is 0.862. The highest BCUT2D eigenvalue weighted by Gasteiger charge is 2.25. The predicted molar refractivity (Wildman–Crippen MR) is 67.0 cm³/mol. The molecule has 1 aliphatic carbocycles. The van der Waals surface area contributed by atoms with Gasteiger partial charge in [-0.3, -0.25) is 4.40 Å². The van der Waals surface area contributed by atoms with Crippen LogP contribution in [0, 0.1) is 5.92 Å². The van der Waals surface area contributed by atoms with Gasteiger partial charge < -0.3 is 5.32 Å². The second kappa shape index (κ2) is 4.18. The summed E-state index contributed by atoms with van der Waals surface area (Å²) < 4.78 is 2.11. The van der Waals surface area contributed by atoms with Gasteiger partial charge in [0, 0.05) is 30.2 Å². The molecule has 1 atom stereocenters. The molecule has 0 spiro atoms. The molecule has 0 bridgehead atoms. The first-order valence-corrected chi connectivity index (χ1v) is 6.81. The van der Waals surface area contributed by atoms with Gasteiger partial charge in [-0.1, -0.05) is 12.8 Å². The molecule has 1 saturated carbocycles. The van der Waals surface area contributed by atoms with Crippen LogP contribution in [0.1, 0.15) is 25.0 Å². The third-order valence-electron chi connectivity index (χ3n) is 3.32. The molecule has 1 fully saturated rings. The van der Waals surface area contributed by atoms with E-state index in [-0.39, 0.29) is 0 Å². The number of fused-ring (bicyclic) bond motifs is 1. The summed E-state index contributed by atoms with van der Waals surface area (Å²) in [6, 6.07) is 0.595. The standard InChI is InChI=1S/C12H17N3S/c1-13-10(6-9-2-3-9)7-11-8-15-4-5-16-12(15)14-11/h4-5,8-10,13H,2-3,6-7H2,1H3. The fourth-order valence-corrected chi connectivity index (χ4v) is 2.90. The van der Waals surface area contributed by atoms with Crippen LogP contribution in [0.3, 0.4) is 0 Å². The number of thiazole rings is 1. The Morgan fingerprint density at radius 3 is 3.19 bits per heavy atom. The molecule has 2 aromatic heterocycles. The lowest BCUT2D eigenvalue weighted by Gasteiger charge is -2.13.